The Morgan fingerprint density at radius 1 is 0.812 bits per heavy atom. The molecule has 0 amide bonds. The zero-order chi connectivity index (χ0) is 51.3. The molecule has 1 unspecified atom stereocenters. The molecule has 0 saturated carbocycles. The first-order valence-corrected chi connectivity index (χ1v) is 33.4. The third kappa shape index (κ3) is 16.1. The highest BCUT2D eigenvalue weighted by Gasteiger charge is 2.52. The highest BCUT2D eigenvalue weighted by molar-refractivity contribution is 6.99. The van der Waals surface area contributed by atoms with Crippen LogP contribution in [0.25, 0.3) is 10.4 Å². The molecule has 1 heterocycles. The zero-order valence-corrected chi connectivity index (χ0v) is 47.8. The van der Waals surface area contributed by atoms with Crippen molar-refractivity contribution in [2.75, 3.05) is 33.7 Å². The summed E-state index contributed by atoms with van der Waals surface area (Å²) in [7, 11) is -5.13. The van der Waals surface area contributed by atoms with Crippen molar-refractivity contribution >= 4 is 41.1 Å². The van der Waals surface area contributed by atoms with Gasteiger partial charge in [-0.05, 0) is 110 Å². The average molecular weight is 1000 g/mol. The molecule has 1 fully saturated rings. The molecular formula is C54H85N3O9Si3. The second kappa shape index (κ2) is 25.1. The van der Waals surface area contributed by atoms with Gasteiger partial charge in [0, 0.05) is 38.3 Å². The first-order chi connectivity index (χ1) is 32.3. The molecule has 4 rings (SSSR count). The van der Waals surface area contributed by atoms with Crippen LogP contribution in [0.4, 0.5) is 0 Å². The minimum absolute atomic E-state index is 0.0209. The van der Waals surface area contributed by atoms with E-state index in [9.17, 15) is 4.79 Å². The Morgan fingerprint density at radius 3 is 1.97 bits per heavy atom. The van der Waals surface area contributed by atoms with E-state index in [1.165, 1.54) is 10.4 Å². The largest absolute Gasteiger partial charge is 0.493 e. The normalized spacial score (nSPS) is 18.1. The molecule has 3 aromatic carbocycles. The second-order valence-corrected chi connectivity index (χ2v) is 37.3. The second-order valence-electron chi connectivity index (χ2n) is 22.7. The van der Waals surface area contributed by atoms with Crippen LogP contribution in [0.2, 0.25) is 48.9 Å². The van der Waals surface area contributed by atoms with Gasteiger partial charge in [-0.25, -0.2) is 4.79 Å². The Labute approximate surface area is 418 Å². The van der Waals surface area contributed by atoms with Gasteiger partial charge in [0.15, 0.2) is 20.9 Å². The van der Waals surface area contributed by atoms with Crippen molar-refractivity contribution in [1.82, 2.24) is 0 Å². The van der Waals surface area contributed by atoms with Gasteiger partial charge in [0.2, 0.25) is 0 Å². The molecular weight excluding hydrogens is 919 g/mol. The number of esters is 1. The SMILES string of the molecule is COCOc1ccc(OCCCN=[N+]=[N-])c(CCC[C@@H]2OC(C)(C)O[C@@H]2C(/C=C\[C@@H](C)[C@H](C)O[Si](c2ccccc2)(c2ccccc2)C(C)(C)C)O[Si](C)(C)C(C)(C)C)c1C(=O)OCC[Si](C)(C)C. The Balaban J connectivity index is 1.70. The topological polar surface area (TPSA) is 140 Å². The van der Waals surface area contributed by atoms with Gasteiger partial charge < -0.3 is 37.3 Å². The molecule has 0 N–H and O–H groups in total. The summed E-state index contributed by atoms with van der Waals surface area (Å²) in [5.41, 5.74) is 9.83. The van der Waals surface area contributed by atoms with E-state index in [4.69, 9.17) is 42.8 Å². The van der Waals surface area contributed by atoms with Crippen molar-refractivity contribution in [1.29, 1.82) is 0 Å². The maximum absolute atomic E-state index is 14.1. The summed E-state index contributed by atoms with van der Waals surface area (Å²) in [6.45, 7) is 34.2. The molecule has 5 atom stereocenters. The van der Waals surface area contributed by atoms with Crippen LogP contribution in [-0.2, 0) is 34.2 Å². The van der Waals surface area contributed by atoms with Gasteiger partial charge in [0.05, 0.1) is 25.4 Å². The lowest BCUT2D eigenvalue weighted by Crippen LogP contribution is -2.67. The number of methoxy groups -OCH3 is 1. The van der Waals surface area contributed by atoms with Gasteiger partial charge in [-0.3, -0.25) is 0 Å². The van der Waals surface area contributed by atoms with Crippen LogP contribution in [-0.4, -0.2) is 94.5 Å². The third-order valence-corrected chi connectivity index (χ3v) is 24.7. The molecule has 0 radical (unpaired) electrons. The molecule has 0 spiro atoms. The minimum Gasteiger partial charge on any atom is -0.493 e. The van der Waals surface area contributed by atoms with E-state index in [0.717, 1.165) is 6.04 Å². The van der Waals surface area contributed by atoms with Gasteiger partial charge in [0.1, 0.15) is 23.2 Å². The average Bonchev–Trinajstić information content (AvgIpc) is 3.58. The fourth-order valence-corrected chi connectivity index (χ4v) is 15.2. The van der Waals surface area contributed by atoms with Crippen LogP contribution in [0.1, 0.15) is 104 Å². The highest BCUT2D eigenvalue weighted by atomic mass is 28.4. The summed E-state index contributed by atoms with van der Waals surface area (Å²) in [4.78, 5) is 17.0. The summed E-state index contributed by atoms with van der Waals surface area (Å²) in [5, 5.41) is 5.93. The molecule has 1 aliphatic rings. The highest BCUT2D eigenvalue weighted by Crippen LogP contribution is 2.42. The summed E-state index contributed by atoms with van der Waals surface area (Å²) in [6, 6.07) is 25.9. The monoisotopic (exact) mass is 1000 g/mol. The summed E-state index contributed by atoms with van der Waals surface area (Å²) in [6.07, 6.45) is 5.33. The Morgan fingerprint density at radius 2 is 1.42 bits per heavy atom. The standard InChI is InChI=1S/C54H85N3O9Si3/c1-40(41(2)65-69(53(6,7)8,42-25-19-17-20-26-42)43-27-21-18-22-28-43)31-32-48(66-68(15,16)52(3,4)5)50-47(63-54(9,10)64-50)30-23-29-44-45(60-36-24-35-56-57-55)33-34-46(62-39-59-11)49(44)51(58)61-37-38-67(12,13)14/h17-22,25-28,31-34,40-41,47-48,50H,23-24,29-30,35-39H2,1-16H3/b32-31-/t40-,41+,47+,48?,50+/m1/s1. The lowest BCUT2D eigenvalue weighted by atomic mass is 9.96. The number of carbonyl (C=O) groups excluding carboxylic acids is 1. The van der Waals surface area contributed by atoms with Crippen molar-refractivity contribution in [2.45, 2.75) is 174 Å². The van der Waals surface area contributed by atoms with Crippen molar-refractivity contribution in [3.63, 3.8) is 0 Å². The van der Waals surface area contributed by atoms with E-state index in [-0.39, 0.29) is 35.0 Å². The Kier molecular flexibility index (Phi) is 21.0. The molecule has 69 heavy (non-hydrogen) atoms. The Hall–Kier alpha value is -3.77. The van der Waals surface area contributed by atoms with Gasteiger partial charge in [-0.15, -0.1) is 0 Å². The van der Waals surface area contributed by atoms with Crippen molar-refractivity contribution in [3.05, 3.63) is 107 Å². The number of rotatable bonds is 26. The van der Waals surface area contributed by atoms with Crippen LogP contribution in [0.15, 0.2) is 90.1 Å². The van der Waals surface area contributed by atoms with Crippen LogP contribution in [0.5, 0.6) is 11.5 Å². The number of azide groups is 1. The zero-order valence-electron chi connectivity index (χ0n) is 44.8. The van der Waals surface area contributed by atoms with Crippen molar-refractivity contribution in [2.24, 2.45) is 11.0 Å². The fraction of sp³-hybridized carbons (Fsp3) is 0.611. The number of nitrogens with zero attached hydrogens (tertiary/aromatic N) is 3. The van der Waals surface area contributed by atoms with Crippen molar-refractivity contribution < 1.29 is 42.1 Å². The predicted octanol–water partition coefficient (Wildman–Crippen LogP) is 12.6. The smallest absolute Gasteiger partial charge is 0.342 e. The maximum Gasteiger partial charge on any atom is 0.342 e. The van der Waals surface area contributed by atoms with Gasteiger partial charge in [0.25, 0.3) is 8.32 Å². The molecule has 15 heteroatoms. The molecule has 0 aromatic heterocycles. The maximum atomic E-state index is 14.1. The summed E-state index contributed by atoms with van der Waals surface area (Å²) < 4.78 is 52.0. The number of hydrogen-bond acceptors (Lipinski definition) is 10. The Bertz CT molecular complexity index is 2110. The minimum atomic E-state index is -2.82. The van der Waals surface area contributed by atoms with Gasteiger partial charge >= 0.3 is 5.97 Å². The first-order valence-electron chi connectivity index (χ1n) is 24.9. The van der Waals surface area contributed by atoms with Crippen LogP contribution in [0, 0.1) is 5.92 Å². The summed E-state index contributed by atoms with van der Waals surface area (Å²) >= 11 is 0. The van der Waals surface area contributed by atoms with E-state index >= 15 is 0 Å². The molecule has 1 saturated heterocycles. The fourth-order valence-electron chi connectivity index (χ4n) is 8.44. The quantitative estimate of drug-likeness (QED) is 0.0112. The number of ether oxygens (including phenoxy) is 6. The number of hydrogen-bond donors (Lipinski definition) is 0. The lowest BCUT2D eigenvalue weighted by molar-refractivity contribution is -0.152. The molecule has 0 aliphatic carbocycles. The van der Waals surface area contributed by atoms with E-state index in [1.54, 1.807) is 13.2 Å². The molecule has 12 nitrogen and oxygen atoms in total. The van der Waals surface area contributed by atoms with Crippen molar-refractivity contribution in [3.8, 4) is 11.5 Å². The van der Waals surface area contributed by atoms with E-state index < -0.39 is 48.7 Å². The molecule has 0 bridgehead atoms. The first kappa shape index (κ1) is 57.8. The molecule has 382 valence electrons. The van der Waals surface area contributed by atoms with E-state index in [2.05, 4.69) is 171 Å². The third-order valence-electron chi connectivity index (χ3n) is 13.4. The van der Waals surface area contributed by atoms with Crippen LogP contribution >= 0.6 is 0 Å². The number of benzene rings is 3. The summed E-state index contributed by atoms with van der Waals surface area (Å²) in [5.74, 6) is -0.413. The number of carbonyl (C=O) groups is 1. The van der Waals surface area contributed by atoms with Crippen LogP contribution < -0.4 is 19.8 Å². The molecule has 1 aliphatic heterocycles. The van der Waals surface area contributed by atoms with Gasteiger partial charge in [-0.1, -0.05) is 146 Å². The molecule has 3 aromatic rings. The lowest BCUT2D eigenvalue weighted by Gasteiger charge is -2.45. The van der Waals surface area contributed by atoms with E-state index in [1.807, 2.05) is 19.9 Å². The predicted molar refractivity (Wildman–Crippen MR) is 287 cm³/mol. The van der Waals surface area contributed by atoms with Gasteiger partial charge in [-0.2, -0.15) is 0 Å². The van der Waals surface area contributed by atoms with Crippen LogP contribution in [0.3, 0.4) is 0 Å². The van der Waals surface area contributed by atoms with E-state index in [0.29, 0.717) is 68.1 Å².